The van der Waals surface area contributed by atoms with Crippen LogP contribution in [0.2, 0.25) is 0 Å². The van der Waals surface area contributed by atoms with Crippen LogP contribution in [0.15, 0.2) is 28.8 Å². The van der Waals surface area contributed by atoms with Crippen molar-refractivity contribution >= 4 is 17.5 Å². The van der Waals surface area contributed by atoms with E-state index in [1.54, 1.807) is 0 Å². The van der Waals surface area contributed by atoms with Gasteiger partial charge in [-0.2, -0.15) is 0 Å². The number of hydrogen-bond donors (Lipinski definition) is 1. The van der Waals surface area contributed by atoms with Crippen molar-refractivity contribution in [2.24, 2.45) is 0 Å². The van der Waals surface area contributed by atoms with Gasteiger partial charge in [0.2, 0.25) is 5.91 Å². The van der Waals surface area contributed by atoms with E-state index in [1.807, 2.05) is 43.0 Å². The third kappa shape index (κ3) is 4.90. The molecule has 0 saturated carbocycles. The van der Waals surface area contributed by atoms with Gasteiger partial charge in [0.25, 0.3) is 5.91 Å². The van der Waals surface area contributed by atoms with Crippen molar-refractivity contribution in [3.8, 4) is 0 Å². The molecular formula is C23H30N4O4. The second kappa shape index (κ2) is 9.51. The van der Waals surface area contributed by atoms with Gasteiger partial charge in [-0.3, -0.25) is 9.59 Å². The second-order valence-corrected chi connectivity index (χ2v) is 8.23. The first-order chi connectivity index (χ1) is 15.0. The third-order valence-corrected chi connectivity index (χ3v) is 6.17. The number of benzene rings is 1. The highest BCUT2D eigenvalue weighted by Crippen LogP contribution is 2.23. The molecule has 1 aromatic heterocycles. The predicted molar refractivity (Wildman–Crippen MR) is 116 cm³/mol. The van der Waals surface area contributed by atoms with Gasteiger partial charge in [-0.25, -0.2) is 0 Å². The lowest BCUT2D eigenvalue weighted by atomic mass is 10.1. The smallest absolute Gasteiger partial charge is 0.253 e. The Morgan fingerprint density at radius 1 is 1.16 bits per heavy atom. The number of aryl methyl sites for hydroxylation is 2. The third-order valence-electron chi connectivity index (χ3n) is 6.17. The van der Waals surface area contributed by atoms with Crippen LogP contribution in [-0.4, -0.2) is 60.8 Å². The van der Waals surface area contributed by atoms with E-state index in [9.17, 15) is 9.59 Å². The highest BCUT2D eigenvalue weighted by molar-refractivity contribution is 6.00. The van der Waals surface area contributed by atoms with E-state index in [-0.39, 0.29) is 17.9 Å². The molecule has 8 heteroatoms. The molecule has 2 saturated heterocycles. The second-order valence-electron chi connectivity index (χ2n) is 8.23. The zero-order valence-corrected chi connectivity index (χ0v) is 18.2. The van der Waals surface area contributed by atoms with Gasteiger partial charge in [-0.1, -0.05) is 17.3 Å². The van der Waals surface area contributed by atoms with Gasteiger partial charge in [0.15, 0.2) is 0 Å². The molecule has 0 bridgehead atoms. The van der Waals surface area contributed by atoms with E-state index < -0.39 is 0 Å². The van der Waals surface area contributed by atoms with E-state index in [2.05, 4.69) is 15.4 Å². The van der Waals surface area contributed by atoms with Crippen LogP contribution in [0.4, 0.5) is 5.69 Å². The average Bonchev–Trinajstić information content (AvgIpc) is 3.00. The minimum Gasteiger partial charge on any atom is -0.378 e. The summed E-state index contributed by atoms with van der Waals surface area (Å²) in [7, 11) is 0. The van der Waals surface area contributed by atoms with E-state index >= 15 is 0 Å². The molecule has 3 heterocycles. The molecule has 0 aliphatic carbocycles. The molecule has 2 amide bonds. The number of rotatable bonds is 5. The summed E-state index contributed by atoms with van der Waals surface area (Å²) in [5.41, 5.74) is 3.40. The van der Waals surface area contributed by atoms with Gasteiger partial charge in [0, 0.05) is 43.3 Å². The molecule has 0 radical (unpaired) electrons. The Morgan fingerprint density at radius 2 is 1.94 bits per heavy atom. The van der Waals surface area contributed by atoms with Crippen LogP contribution < -0.4 is 10.2 Å². The highest BCUT2D eigenvalue weighted by atomic mass is 16.5. The zero-order valence-electron chi connectivity index (χ0n) is 18.2. The zero-order chi connectivity index (χ0) is 21.8. The summed E-state index contributed by atoms with van der Waals surface area (Å²) in [6.45, 7) is 7.75. The van der Waals surface area contributed by atoms with Gasteiger partial charge >= 0.3 is 0 Å². The molecule has 166 valence electrons. The highest BCUT2D eigenvalue weighted by Gasteiger charge is 2.26. The number of amides is 2. The minimum absolute atomic E-state index is 0.0381. The van der Waals surface area contributed by atoms with Gasteiger partial charge in [0.05, 0.1) is 31.0 Å². The fourth-order valence-corrected chi connectivity index (χ4v) is 4.28. The predicted octanol–water partition coefficient (Wildman–Crippen LogP) is 2.44. The van der Waals surface area contributed by atoms with E-state index in [0.717, 1.165) is 42.2 Å². The van der Waals surface area contributed by atoms with E-state index in [4.69, 9.17) is 9.26 Å². The molecule has 4 rings (SSSR count). The molecule has 1 atom stereocenters. The molecule has 2 aromatic rings. The summed E-state index contributed by atoms with van der Waals surface area (Å²) in [4.78, 5) is 29.8. The Bertz CT molecular complexity index is 916. The molecule has 1 unspecified atom stereocenters. The SMILES string of the molecule is Cc1noc(C)c1CN1CCC(NC(=O)c2ccccc2N2CCOCC2)CCC1=O. The molecule has 0 spiro atoms. The maximum absolute atomic E-state index is 13.1. The van der Waals surface area contributed by atoms with Crippen LogP contribution in [0.1, 0.15) is 46.6 Å². The topological polar surface area (TPSA) is 87.9 Å². The lowest BCUT2D eigenvalue weighted by Gasteiger charge is -2.30. The Hall–Kier alpha value is -2.87. The van der Waals surface area contributed by atoms with Crippen molar-refractivity contribution in [3.05, 3.63) is 46.8 Å². The van der Waals surface area contributed by atoms with Crippen molar-refractivity contribution < 1.29 is 18.8 Å². The summed E-state index contributed by atoms with van der Waals surface area (Å²) >= 11 is 0. The summed E-state index contributed by atoms with van der Waals surface area (Å²) in [5.74, 6) is 0.767. The van der Waals surface area contributed by atoms with Crippen molar-refractivity contribution in [2.45, 2.75) is 45.7 Å². The normalized spacial score (nSPS) is 19.9. The van der Waals surface area contributed by atoms with Crippen molar-refractivity contribution in [2.75, 3.05) is 37.7 Å². The number of nitrogens with one attached hydrogen (secondary N) is 1. The number of aromatic nitrogens is 1. The fourth-order valence-electron chi connectivity index (χ4n) is 4.28. The first kappa shape index (κ1) is 21.4. The van der Waals surface area contributed by atoms with Crippen molar-refractivity contribution in [3.63, 3.8) is 0 Å². The molecule has 1 N–H and O–H groups in total. The molecule has 2 fully saturated rings. The van der Waals surface area contributed by atoms with Crippen LogP contribution >= 0.6 is 0 Å². The monoisotopic (exact) mass is 426 g/mol. The number of likely N-dealkylation sites (tertiary alicyclic amines) is 1. The van der Waals surface area contributed by atoms with Gasteiger partial charge in [-0.15, -0.1) is 0 Å². The van der Waals surface area contributed by atoms with Crippen molar-refractivity contribution in [1.29, 1.82) is 0 Å². The maximum atomic E-state index is 13.1. The Kier molecular flexibility index (Phi) is 6.56. The van der Waals surface area contributed by atoms with Gasteiger partial charge < -0.3 is 24.4 Å². The number of para-hydroxylation sites is 1. The van der Waals surface area contributed by atoms with Gasteiger partial charge in [0.1, 0.15) is 5.76 Å². The van der Waals surface area contributed by atoms with Crippen LogP contribution in [0.3, 0.4) is 0 Å². The number of nitrogens with zero attached hydrogens (tertiary/aromatic N) is 3. The molecule has 31 heavy (non-hydrogen) atoms. The largest absolute Gasteiger partial charge is 0.378 e. The number of ether oxygens (including phenoxy) is 1. The summed E-state index contributed by atoms with van der Waals surface area (Å²) < 4.78 is 10.7. The standard InChI is InChI=1S/C23H30N4O4/c1-16-20(17(2)31-25-16)15-27-10-9-18(7-8-22(27)28)24-23(29)19-5-3-4-6-21(19)26-11-13-30-14-12-26/h3-6,18H,7-15H2,1-2H3,(H,24,29). The maximum Gasteiger partial charge on any atom is 0.253 e. The summed E-state index contributed by atoms with van der Waals surface area (Å²) in [5, 5.41) is 7.15. The number of carbonyl (C=O) groups is 2. The minimum atomic E-state index is -0.0845. The number of morpholine rings is 1. The summed E-state index contributed by atoms with van der Waals surface area (Å²) in [6, 6.07) is 7.66. The number of hydrogen-bond acceptors (Lipinski definition) is 6. The van der Waals surface area contributed by atoms with Crippen LogP contribution in [0.5, 0.6) is 0 Å². The fraction of sp³-hybridized carbons (Fsp3) is 0.522. The number of carbonyl (C=O) groups excluding carboxylic acids is 2. The Balaban J connectivity index is 1.40. The lowest BCUT2D eigenvalue weighted by Crippen LogP contribution is -2.39. The van der Waals surface area contributed by atoms with Crippen LogP contribution in [0.25, 0.3) is 0 Å². The molecular weight excluding hydrogens is 396 g/mol. The first-order valence-corrected chi connectivity index (χ1v) is 10.9. The molecule has 8 nitrogen and oxygen atoms in total. The lowest BCUT2D eigenvalue weighted by molar-refractivity contribution is -0.131. The van der Waals surface area contributed by atoms with Crippen LogP contribution in [0, 0.1) is 13.8 Å². The number of anilines is 1. The Morgan fingerprint density at radius 3 is 2.68 bits per heavy atom. The van der Waals surface area contributed by atoms with Crippen molar-refractivity contribution in [1.82, 2.24) is 15.4 Å². The van der Waals surface area contributed by atoms with Crippen LogP contribution in [-0.2, 0) is 16.1 Å². The first-order valence-electron chi connectivity index (χ1n) is 10.9. The molecule has 2 aliphatic heterocycles. The molecule has 2 aliphatic rings. The van der Waals surface area contributed by atoms with E-state index in [0.29, 0.717) is 44.7 Å². The average molecular weight is 427 g/mol. The quantitative estimate of drug-likeness (QED) is 0.790. The Labute approximate surface area is 182 Å². The summed E-state index contributed by atoms with van der Waals surface area (Å²) in [6.07, 6.45) is 1.78. The van der Waals surface area contributed by atoms with E-state index in [1.165, 1.54) is 0 Å². The molecule has 1 aromatic carbocycles. The van der Waals surface area contributed by atoms with Gasteiger partial charge in [-0.05, 0) is 38.8 Å².